The topological polar surface area (TPSA) is 12.9 Å². The molecule has 0 atom stereocenters. The molecule has 0 aliphatic carbocycles. The first kappa shape index (κ1) is 7.50. The minimum atomic E-state index is 1.10. The van der Waals surface area contributed by atoms with Crippen LogP contribution in [0.2, 0.25) is 0 Å². The molecule has 0 aromatic carbocycles. The molecule has 0 unspecified atom stereocenters. The number of thiophene rings is 1. The molecule has 2 heterocycles. The molecule has 0 amide bonds. The van der Waals surface area contributed by atoms with Crippen LogP contribution in [0.4, 0.5) is 0 Å². The van der Waals surface area contributed by atoms with Gasteiger partial charge in [-0.3, -0.25) is 4.98 Å². The summed E-state index contributed by atoms with van der Waals surface area (Å²) in [4.78, 5) is 5.53. The Morgan fingerprint density at radius 2 is 2.17 bits per heavy atom. The number of hydrogen-bond donors (Lipinski definition) is 0. The van der Waals surface area contributed by atoms with E-state index in [0.717, 1.165) is 5.69 Å². The Morgan fingerprint density at radius 3 is 2.83 bits per heavy atom. The maximum absolute atomic E-state index is 4.24. The third-order valence-corrected chi connectivity index (χ3v) is 2.70. The molecule has 0 bridgehead atoms. The van der Waals surface area contributed by atoms with E-state index in [1.807, 2.05) is 19.2 Å². The van der Waals surface area contributed by atoms with E-state index < -0.39 is 0 Å². The normalized spacial score (nSPS) is 10.1. The molecule has 2 aromatic heterocycles. The van der Waals surface area contributed by atoms with Crippen molar-refractivity contribution in [1.82, 2.24) is 4.98 Å². The highest BCUT2D eigenvalue weighted by molar-refractivity contribution is 7.13. The lowest BCUT2D eigenvalue weighted by Crippen LogP contribution is -1.82. The van der Waals surface area contributed by atoms with Crippen LogP contribution in [0, 0.1) is 6.92 Å². The molecule has 2 rings (SSSR count). The van der Waals surface area contributed by atoms with Crippen molar-refractivity contribution in [2.75, 3.05) is 0 Å². The third-order valence-electron chi connectivity index (χ3n) is 1.79. The summed E-state index contributed by atoms with van der Waals surface area (Å²) in [6.45, 7) is 2.04. The van der Waals surface area contributed by atoms with Crippen LogP contribution in [-0.2, 0) is 0 Å². The maximum Gasteiger partial charge on any atom is 0.0459 e. The lowest BCUT2D eigenvalue weighted by atomic mass is 10.2. The van der Waals surface area contributed by atoms with Gasteiger partial charge in [-0.15, -0.1) is 11.3 Å². The second-order valence-electron chi connectivity index (χ2n) is 2.61. The number of pyridine rings is 1. The number of hydrogen-bond acceptors (Lipinski definition) is 2. The monoisotopic (exact) mass is 175 g/mol. The van der Waals surface area contributed by atoms with Crippen LogP contribution < -0.4 is 0 Å². The van der Waals surface area contributed by atoms with E-state index >= 15 is 0 Å². The van der Waals surface area contributed by atoms with Crippen LogP contribution in [0.3, 0.4) is 0 Å². The molecule has 0 aliphatic heterocycles. The quantitative estimate of drug-likeness (QED) is 0.649. The first-order valence-corrected chi connectivity index (χ1v) is 4.71. The van der Waals surface area contributed by atoms with Gasteiger partial charge in [0.05, 0.1) is 0 Å². The smallest absolute Gasteiger partial charge is 0.0459 e. The van der Waals surface area contributed by atoms with E-state index in [1.54, 1.807) is 11.3 Å². The van der Waals surface area contributed by atoms with E-state index in [0.29, 0.717) is 0 Å². The first-order chi connectivity index (χ1) is 5.88. The van der Waals surface area contributed by atoms with Crippen molar-refractivity contribution in [2.24, 2.45) is 0 Å². The van der Waals surface area contributed by atoms with Crippen LogP contribution in [-0.4, -0.2) is 4.98 Å². The molecular formula is C10H9NS. The summed E-state index contributed by atoms with van der Waals surface area (Å²) in [5.41, 5.74) is 2.34. The molecule has 0 radical (unpaired) electrons. The Morgan fingerprint density at radius 1 is 1.25 bits per heavy atom. The summed E-state index contributed by atoms with van der Waals surface area (Å²) in [7, 11) is 0. The Labute approximate surface area is 75.7 Å². The van der Waals surface area contributed by atoms with Crippen LogP contribution in [0.5, 0.6) is 0 Å². The fourth-order valence-corrected chi connectivity index (χ4v) is 1.98. The molecule has 2 aromatic rings. The average molecular weight is 175 g/mol. The summed E-state index contributed by atoms with van der Waals surface area (Å²) in [6, 6.07) is 8.26. The van der Waals surface area contributed by atoms with Crippen molar-refractivity contribution in [3.63, 3.8) is 0 Å². The van der Waals surface area contributed by atoms with Gasteiger partial charge in [-0.25, -0.2) is 0 Å². The van der Waals surface area contributed by atoms with Crippen molar-refractivity contribution in [2.45, 2.75) is 6.92 Å². The van der Waals surface area contributed by atoms with Crippen molar-refractivity contribution >= 4 is 11.3 Å². The van der Waals surface area contributed by atoms with Gasteiger partial charge in [0.2, 0.25) is 0 Å². The van der Waals surface area contributed by atoms with Gasteiger partial charge >= 0.3 is 0 Å². The van der Waals surface area contributed by atoms with Crippen LogP contribution in [0.1, 0.15) is 5.69 Å². The van der Waals surface area contributed by atoms with Gasteiger partial charge < -0.3 is 0 Å². The molecule has 0 fully saturated rings. The third kappa shape index (κ3) is 1.25. The minimum absolute atomic E-state index is 1.10. The number of rotatable bonds is 1. The second-order valence-corrected chi connectivity index (χ2v) is 3.56. The highest BCUT2D eigenvalue weighted by Gasteiger charge is 2.00. The van der Waals surface area contributed by atoms with Crippen LogP contribution in [0.25, 0.3) is 10.4 Å². The van der Waals surface area contributed by atoms with Crippen molar-refractivity contribution in [3.05, 3.63) is 41.5 Å². The SMILES string of the molecule is Cc1ncccc1-c1cccs1. The van der Waals surface area contributed by atoms with E-state index in [1.165, 1.54) is 10.4 Å². The van der Waals surface area contributed by atoms with Crippen molar-refractivity contribution in [3.8, 4) is 10.4 Å². The number of aryl methyl sites for hydroxylation is 1. The summed E-state index contributed by atoms with van der Waals surface area (Å²) >= 11 is 1.75. The fourth-order valence-electron chi connectivity index (χ4n) is 1.18. The van der Waals surface area contributed by atoms with Crippen LogP contribution in [0.15, 0.2) is 35.8 Å². The molecule has 0 spiro atoms. The summed E-state index contributed by atoms with van der Waals surface area (Å²) in [6.07, 6.45) is 1.83. The molecule has 60 valence electrons. The van der Waals surface area contributed by atoms with E-state index in [9.17, 15) is 0 Å². The zero-order valence-electron chi connectivity index (χ0n) is 6.82. The van der Waals surface area contributed by atoms with Gasteiger partial charge in [-0.2, -0.15) is 0 Å². The minimum Gasteiger partial charge on any atom is -0.261 e. The predicted molar refractivity (Wildman–Crippen MR) is 52.3 cm³/mol. The standard InChI is InChI=1S/C10H9NS/c1-8-9(4-2-6-11-8)10-5-3-7-12-10/h2-7H,1H3. The summed E-state index contributed by atoms with van der Waals surface area (Å²) in [5.74, 6) is 0. The molecule has 0 N–H and O–H groups in total. The number of nitrogens with zero attached hydrogens (tertiary/aromatic N) is 1. The van der Waals surface area contributed by atoms with Gasteiger partial charge in [0, 0.05) is 22.3 Å². The molecule has 12 heavy (non-hydrogen) atoms. The Hall–Kier alpha value is -1.15. The number of aromatic nitrogens is 1. The predicted octanol–water partition coefficient (Wildman–Crippen LogP) is 3.12. The zero-order chi connectivity index (χ0) is 8.39. The molecule has 0 aliphatic rings. The fraction of sp³-hybridized carbons (Fsp3) is 0.100. The van der Waals surface area contributed by atoms with Gasteiger partial charge in [-0.05, 0) is 24.4 Å². The van der Waals surface area contributed by atoms with Crippen LogP contribution >= 0.6 is 11.3 Å². The van der Waals surface area contributed by atoms with Crippen molar-refractivity contribution in [1.29, 1.82) is 0 Å². The molecular weight excluding hydrogens is 166 g/mol. The summed E-state index contributed by atoms with van der Waals surface area (Å²) in [5, 5.41) is 2.09. The average Bonchev–Trinajstić information content (AvgIpc) is 2.57. The van der Waals surface area contributed by atoms with Gasteiger partial charge in [-0.1, -0.05) is 12.1 Å². The molecule has 1 nitrogen and oxygen atoms in total. The molecule has 2 heteroatoms. The lowest BCUT2D eigenvalue weighted by Gasteiger charge is -1.99. The van der Waals surface area contributed by atoms with Gasteiger partial charge in [0.15, 0.2) is 0 Å². The first-order valence-electron chi connectivity index (χ1n) is 3.83. The second kappa shape index (κ2) is 3.07. The lowest BCUT2D eigenvalue weighted by molar-refractivity contribution is 1.21. The summed E-state index contributed by atoms with van der Waals surface area (Å²) < 4.78 is 0. The molecule has 0 saturated carbocycles. The Balaban J connectivity index is 2.55. The van der Waals surface area contributed by atoms with E-state index in [2.05, 4.69) is 28.6 Å². The van der Waals surface area contributed by atoms with Crippen molar-refractivity contribution < 1.29 is 0 Å². The Kier molecular flexibility index (Phi) is 1.92. The Bertz CT molecular complexity index is 365. The van der Waals surface area contributed by atoms with E-state index in [-0.39, 0.29) is 0 Å². The van der Waals surface area contributed by atoms with E-state index in [4.69, 9.17) is 0 Å². The largest absolute Gasteiger partial charge is 0.261 e. The highest BCUT2D eigenvalue weighted by atomic mass is 32.1. The highest BCUT2D eigenvalue weighted by Crippen LogP contribution is 2.25. The maximum atomic E-state index is 4.24. The van der Waals surface area contributed by atoms with Gasteiger partial charge in [0.25, 0.3) is 0 Å². The van der Waals surface area contributed by atoms with Gasteiger partial charge in [0.1, 0.15) is 0 Å². The zero-order valence-corrected chi connectivity index (χ0v) is 7.64. The molecule has 0 saturated heterocycles.